The Kier molecular flexibility index (Phi) is 4.39. The molecule has 0 aromatic heterocycles. The fraction of sp³-hybridized carbons (Fsp3) is 0.500. The van der Waals surface area contributed by atoms with Crippen LogP contribution >= 0.6 is 0 Å². The lowest BCUT2D eigenvalue weighted by Crippen LogP contribution is -2.88. The zero-order valence-corrected chi connectivity index (χ0v) is 11.2. The van der Waals surface area contributed by atoms with Gasteiger partial charge >= 0.3 is 5.97 Å². The third-order valence-electron chi connectivity index (χ3n) is 3.41. The smallest absolute Gasteiger partial charge is 0.303 e. The average Bonchev–Trinajstić information content (AvgIpc) is 2.72. The number of aliphatic hydroxyl groups excluding tert-OH is 1. The van der Waals surface area contributed by atoms with Crippen LogP contribution in [-0.4, -0.2) is 43.0 Å². The second kappa shape index (κ2) is 6.04. The number of carbonyl (C=O) groups excluding carboxylic acids is 1. The van der Waals surface area contributed by atoms with E-state index in [-0.39, 0.29) is 12.0 Å². The van der Waals surface area contributed by atoms with Crippen LogP contribution < -0.4 is 10.1 Å². The van der Waals surface area contributed by atoms with E-state index in [9.17, 15) is 9.90 Å². The molecular weight excluding hydrogens is 246 g/mol. The van der Waals surface area contributed by atoms with E-state index in [1.165, 1.54) is 6.92 Å². The third-order valence-corrected chi connectivity index (χ3v) is 3.41. The molecule has 1 saturated heterocycles. The highest BCUT2D eigenvalue weighted by atomic mass is 16.6. The van der Waals surface area contributed by atoms with Crippen LogP contribution in [-0.2, 0) is 16.0 Å². The molecule has 0 amide bonds. The summed E-state index contributed by atoms with van der Waals surface area (Å²) in [4.78, 5) is 11.1. The third kappa shape index (κ3) is 3.45. The van der Waals surface area contributed by atoms with Crippen molar-refractivity contribution in [1.82, 2.24) is 0 Å². The molecule has 5 nitrogen and oxygen atoms in total. The van der Waals surface area contributed by atoms with Crippen molar-refractivity contribution in [2.75, 3.05) is 13.7 Å². The molecule has 0 unspecified atom stereocenters. The van der Waals surface area contributed by atoms with E-state index >= 15 is 0 Å². The van der Waals surface area contributed by atoms with Crippen molar-refractivity contribution in [3.05, 3.63) is 29.8 Å². The Bertz CT molecular complexity index is 432. The summed E-state index contributed by atoms with van der Waals surface area (Å²) in [6, 6.07) is 7.85. The molecule has 3 N–H and O–H groups in total. The first-order valence-corrected chi connectivity index (χ1v) is 6.41. The molecule has 3 atom stereocenters. The molecular formula is C14H20NO4+. The van der Waals surface area contributed by atoms with Crippen LogP contribution in [0.15, 0.2) is 24.3 Å². The first kappa shape index (κ1) is 13.8. The Hall–Kier alpha value is -1.59. The molecule has 0 bridgehead atoms. The molecule has 1 aliphatic rings. The highest BCUT2D eigenvalue weighted by Gasteiger charge is 2.41. The van der Waals surface area contributed by atoms with Crippen molar-refractivity contribution in [3.8, 4) is 5.75 Å². The normalized spacial score (nSPS) is 26.2. The predicted octanol–water partition coefficient (Wildman–Crippen LogP) is -0.524. The minimum absolute atomic E-state index is 0.0623. The molecule has 1 aliphatic heterocycles. The van der Waals surface area contributed by atoms with E-state index in [1.807, 2.05) is 29.6 Å². The van der Waals surface area contributed by atoms with E-state index < -0.39 is 12.2 Å². The molecule has 0 spiro atoms. The van der Waals surface area contributed by atoms with Crippen molar-refractivity contribution in [2.45, 2.75) is 31.6 Å². The van der Waals surface area contributed by atoms with Gasteiger partial charge in [0, 0.05) is 13.3 Å². The largest absolute Gasteiger partial charge is 0.497 e. The summed E-state index contributed by atoms with van der Waals surface area (Å²) in [5.41, 5.74) is 1.13. The van der Waals surface area contributed by atoms with Crippen molar-refractivity contribution in [2.24, 2.45) is 0 Å². The van der Waals surface area contributed by atoms with Gasteiger partial charge in [0.15, 0.2) is 6.10 Å². The number of hydrogen-bond acceptors (Lipinski definition) is 4. The second-order valence-corrected chi connectivity index (χ2v) is 4.83. The van der Waals surface area contributed by atoms with Gasteiger partial charge in [-0.05, 0) is 17.7 Å². The number of aliphatic hydroxyl groups is 1. The Balaban J connectivity index is 2.02. The van der Waals surface area contributed by atoms with Crippen LogP contribution in [0.4, 0.5) is 0 Å². The number of ether oxygens (including phenoxy) is 2. The summed E-state index contributed by atoms with van der Waals surface area (Å²) in [7, 11) is 1.63. The van der Waals surface area contributed by atoms with Crippen LogP contribution in [0.5, 0.6) is 5.75 Å². The zero-order valence-electron chi connectivity index (χ0n) is 11.2. The molecule has 0 saturated carbocycles. The van der Waals surface area contributed by atoms with Gasteiger partial charge in [0.2, 0.25) is 0 Å². The second-order valence-electron chi connectivity index (χ2n) is 4.83. The quantitative estimate of drug-likeness (QED) is 0.719. The molecule has 19 heavy (non-hydrogen) atoms. The molecule has 1 heterocycles. The van der Waals surface area contributed by atoms with Gasteiger partial charge < -0.3 is 19.9 Å². The fourth-order valence-corrected chi connectivity index (χ4v) is 2.46. The number of nitrogens with two attached hydrogens (primary N) is 1. The maximum Gasteiger partial charge on any atom is 0.303 e. The van der Waals surface area contributed by atoms with Crippen molar-refractivity contribution < 1.29 is 24.7 Å². The number of benzene rings is 1. The van der Waals surface area contributed by atoms with Crippen LogP contribution in [0, 0.1) is 0 Å². The first-order valence-electron chi connectivity index (χ1n) is 6.41. The number of esters is 1. The minimum atomic E-state index is -0.591. The lowest BCUT2D eigenvalue weighted by Gasteiger charge is -2.18. The molecule has 104 valence electrons. The molecule has 1 aromatic rings. The van der Waals surface area contributed by atoms with Crippen LogP contribution in [0.25, 0.3) is 0 Å². The predicted molar refractivity (Wildman–Crippen MR) is 68.8 cm³/mol. The standard InChI is InChI=1S/C14H19NO4/c1-9(16)19-14-12(15-8-13(14)17)7-10-3-5-11(18-2)6-4-10/h3-6,12-15,17H,7-8H2,1-2H3/p+1/t12-,13+,14+/m1/s1. The zero-order chi connectivity index (χ0) is 13.8. The number of quaternary nitrogens is 1. The Morgan fingerprint density at radius 3 is 2.68 bits per heavy atom. The SMILES string of the molecule is COc1ccc(C[C@H]2[NH2+]C[C@H](O)[C@H]2OC(C)=O)cc1. The van der Waals surface area contributed by atoms with E-state index in [1.54, 1.807) is 7.11 Å². The monoisotopic (exact) mass is 266 g/mol. The van der Waals surface area contributed by atoms with Crippen molar-refractivity contribution in [3.63, 3.8) is 0 Å². The summed E-state index contributed by atoms with van der Waals surface area (Å²) in [5.74, 6) is 0.467. The number of carbonyl (C=O) groups is 1. The van der Waals surface area contributed by atoms with Crippen molar-refractivity contribution in [1.29, 1.82) is 0 Å². The van der Waals surface area contributed by atoms with E-state index in [0.717, 1.165) is 17.7 Å². The van der Waals surface area contributed by atoms with E-state index in [2.05, 4.69) is 0 Å². The maximum atomic E-state index is 11.1. The number of hydrogen-bond donors (Lipinski definition) is 2. The lowest BCUT2D eigenvalue weighted by molar-refractivity contribution is -0.674. The molecule has 1 fully saturated rings. The Labute approximate surface area is 112 Å². The molecule has 1 aromatic carbocycles. The first-order chi connectivity index (χ1) is 9.10. The summed E-state index contributed by atoms with van der Waals surface area (Å²) >= 11 is 0. The molecule has 0 radical (unpaired) electrons. The van der Waals surface area contributed by atoms with Crippen LogP contribution in [0.3, 0.4) is 0 Å². The minimum Gasteiger partial charge on any atom is -0.497 e. The summed E-state index contributed by atoms with van der Waals surface area (Å²) in [6.45, 7) is 1.94. The van der Waals surface area contributed by atoms with Gasteiger partial charge in [-0.3, -0.25) is 4.79 Å². The highest BCUT2D eigenvalue weighted by Crippen LogP contribution is 2.16. The van der Waals surface area contributed by atoms with Gasteiger partial charge in [-0.1, -0.05) is 12.1 Å². The number of methoxy groups -OCH3 is 1. The topological polar surface area (TPSA) is 72.4 Å². The summed E-state index contributed by atoms with van der Waals surface area (Å²) in [5, 5.41) is 11.9. The summed E-state index contributed by atoms with van der Waals surface area (Å²) < 4.78 is 10.3. The van der Waals surface area contributed by atoms with E-state index in [0.29, 0.717) is 6.54 Å². The maximum absolute atomic E-state index is 11.1. The average molecular weight is 266 g/mol. The van der Waals surface area contributed by atoms with E-state index in [4.69, 9.17) is 9.47 Å². The lowest BCUT2D eigenvalue weighted by atomic mass is 10.0. The van der Waals surface area contributed by atoms with Gasteiger partial charge in [-0.15, -0.1) is 0 Å². The Morgan fingerprint density at radius 1 is 1.42 bits per heavy atom. The van der Waals surface area contributed by atoms with Gasteiger partial charge in [-0.25, -0.2) is 0 Å². The van der Waals surface area contributed by atoms with Crippen LogP contribution in [0.2, 0.25) is 0 Å². The van der Waals surface area contributed by atoms with Gasteiger partial charge in [0.25, 0.3) is 0 Å². The fourth-order valence-electron chi connectivity index (χ4n) is 2.46. The molecule has 0 aliphatic carbocycles. The van der Waals surface area contributed by atoms with Gasteiger partial charge in [-0.2, -0.15) is 0 Å². The highest BCUT2D eigenvalue weighted by molar-refractivity contribution is 5.66. The van der Waals surface area contributed by atoms with Gasteiger partial charge in [0.05, 0.1) is 7.11 Å². The van der Waals surface area contributed by atoms with Gasteiger partial charge in [0.1, 0.15) is 24.4 Å². The van der Waals surface area contributed by atoms with Crippen LogP contribution in [0.1, 0.15) is 12.5 Å². The summed E-state index contributed by atoms with van der Waals surface area (Å²) in [6.07, 6.45) is -0.273. The molecule has 2 rings (SSSR count). The van der Waals surface area contributed by atoms with Crippen molar-refractivity contribution >= 4 is 5.97 Å². The Morgan fingerprint density at radius 2 is 2.11 bits per heavy atom. The number of rotatable bonds is 4. The molecule has 5 heteroatoms.